The first-order chi connectivity index (χ1) is 12.3. The monoisotopic (exact) mass is 330 g/mol. The van der Waals surface area contributed by atoms with Gasteiger partial charge in [0, 0.05) is 29.6 Å². The zero-order valence-electron chi connectivity index (χ0n) is 14.1. The average molecular weight is 330 g/mol. The number of methoxy groups -OCH3 is 1. The molecule has 2 aromatic carbocycles. The van der Waals surface area contributed by atoms with Crippen LogP contribution in [0.2, 0.25) is 0 Å². The lowest BCUT2D eigenvalue weighted by Gasteiger charge is -2.20. The number of anilines is 2. The lowest BCUT2D eigenvalue weighted by molar-refractivity contribution is 0.415. The largest absolute Gasteiger partial charge is 0.495 e. The summed E-state index contributed by atoms with van der Waals surface area (Å²) >= 11 is 0. The number of fused-ring (bicyclic) bond motifs is 1. The highest BCUT2D eigenvalue weighted by molar-refractivity contribution is 5.94. The van der Waals surface area contributed by atoms with Crippen molar-refractivity contribution in [3.05, 3.63) is 73.1 Å². The van der Waals surface area contributed by atoms with Crippen molar-refractivity contribution in [3.63, 3.8) is 0 Å². The molecule has 4 heteroatoms. The normalized spacial score (nSPS) is 10.8. The summed E-state index contributed by atoms with van der Waals surface area (Å²) in [5, 5.41) is 2.14. The van der Waals surface area contributed by atoms with Crippen molar-refractivity contribution in [2.24, 2.45) is 0 Å². The molecular weight excluding hydrogens is 312 g/mol. The maximum atomic E-state index is 5.83. The molecule has 0 radical (unpaired) electrons. The molecular formula is C21H18N2O2. The molecule has 4 aromatic rings. The van der Waals surface area contributed by atoms with Gasteiger partial charge >= 0.3 is 0 Å². The van der Waals surface area contributed by atoms with Crippen molar-refractivity contribution >= 4 is 22.3 Å². The fraction of sp³-hybridized carbons (Fsp3) is 0.0952. The Morgan fingerprint density at radius 3 is 2.64 bits per heavy atom. The molecule has 4 nitrogen and oxygen atoms in total. The maximum Gasteiger partial charge on any atom is 0.207 e. The van der Waals surface area contributed by atoms with Crippen molar-refractivity contribution in [1.29, 1.82) is 0 Å². The molecule has 2 aromatic heterocycles. The number of hydrogen-bond acceptors (Lipinski definition) is 4. The van der Waals surface area contributed by atoms with Gasteiger partial charge in [0.25, 0.3) is 0 Å². The predicted molar refractivity (Wildman–Crippen MR) is 101 cm³/mol. The third-order valence-corrected chi connectivity index (χ3v) is 4.29. The number of aromatic nitrogens is 1. The van der Waals surface area contributed by atoms with E-state index >= 15 is 0 Å². The number of rotatable bonds is 4. The van der Waals surface area contributed by atoms with Gasteiger partial charge in [-0.3, -0.25) is 4.98 Å². The maximum absolute atomic E-state index is 5.83. The number of benzene rings is 2. The predicted octanol–water partition coefficient (Wildman–Crippen LogP) is 5.27. The van der Waals surface area contributed by atoms with E-state index in [1.54, 1.807) is 19.6 Å². The summed E-state index contributed by atoms with van der Waals surface area (Å²) in [6, 6.07) is 20.0. The summed E-state index contributed by atoms with van der Waals surface area (Å²) in [5.41, 5.74) is 2.87. The second-order valence-corrected chi connectivity index (χ2v) is 5.79. The van der Waals surface area contributed by atoms with Crippen LogP contribution in [0, 0.1) is 0 Å². The van der Waals surface area contributed by atoms with Crippen molar-refractivity contribution < 1.29 is 9.15 Å². The van der Waals surface area contributed by atoms with Crippen LogP contribution < -0.4 is 9.64 Å². The van der Waals surface area contributed by atoms with Crippen LogP contribution in [-0.4, -0.2) is 19.1 Å². The van der Waals surface area contributed by atoms with Gasteiger partial charge in [-0.1, -0.05) is 24.3 Å². The van der Waals surface area contributed by atoms with Gasteiger partial charge in [-0.05, 0) is 36.4 Å². The Kier molecular flexibility index (Phi) is 3.86. The molecule has 0 N–H and O–H groups in total. The van der Waals surface area contributed by atoms with Gasteiger partial charge in [0.05, 0.1) is 18.5 Å². The van der Waals surface area contributed by atoms with Crippen molar-refractivity contribution in [1.82, 2.24) is 4.98 Å². The molecule has 4 rings (SSSR count). The first-order valence-electron chi connectivity index (χ1n) is 8.07. The molecule has 124 valence electrons. The first kappa shape index (κ1) is 15.3. The zero-order chi connectivity index (χ0) is 17.2. The Balaban J connectivity index is 1.83. The van der Waals surface area contributed by atoms with E-state index in [1.807, 2.05) is 60.5 Å². The van der Waals surface area contributed by atoms with Gasteiger partial charge in [0.2, 0.25) is 5.88 Å². The van der Waals surface area contributed by atoms with Gasteiger partial charge in [0.15, 0.2) is 0 Å². The van der Waals surface area contributed by atoms with E-state index in [4.69, 9.17) is 9.15 Å². The van der Waals surface area contributed by atoms with E-state index in [1.165, 1.54) is 0 Å². The minimum atomic E-state index is 0.780. The van der Waals surface area contributed by atoms with Crippen molar-refractivity contribution in [2.75, 3.05) is 19.1 Å². The van der Waals surface area contributed by atoms with Crippen molar-refractivity contribution in [2.45, 2.75) is 0 Å². The molecule has 0 amide bonds. The van der Waals surface area contributed by atoms with Gasteiger partial charge in [-0.25, -0.2) is 0 Å². The quantitative estimate of drug-likeness (QED) is 0.511. The van der Waals surface area contributed by atoms with Crippen LogP contribution in [0.15, 0.2) is 77.5 Å². The average Bonchev–Trinajstić information content (AvgIpc) is 3.12. The highest BCUT2D eigenvalue weighted by atomic mass is 16.5. The van der Waals surface area contributed by atoms with E-state index in [2.05, 4.69) is 17.1 Å². The number of nitrogens with zero attached hydrogens (tertiary/aromatic N) is 2. The molecule has 0 bridgehead atoms. The third kappa shape index (κ3) is 2.72. The topological polar surface area (TPSA) is 38.5 Å². The van der Waals surface area contributed by atoms with Gasteiger partial charge in [-0.15, -0.1) is 0 Å². The summed E-state index contributed by atoms with van der Waals surface area (Å²) < 4.78 is 11.4. The molecule has 0 aliphatic rings. The molecule has 0 saturated heterocycles. The Morgan fingerprint density at radius 1 is 1.00 bits per heavy atom. The smallest absolute Gasteiger partial charge is 0.207 e. The second kappa shape index (κ2) is 6.32. The van der Waals surface area contributed by atoms with Gasteiger partial charge < -0.3 is 14.1 Å². The Labute approximate surface area is 146 Å². The summed E-state index contributed by atoms with van der Waals surface area (Å²) in [6.07, 6.45) is 3.57. The van der Waals surface area contributed by atoms with Crippen LogP contribution in [0.1, 0.15) is 0 Å². The fourth-order valence-electron chi connectivity index (χ4n) is 2.99. The SMILES string of the molecule is COc1ccc(-c2ccccn2)cc1N(C)c1occ2ccccc12. The van der Waals surface area contributed by atoms with Crippen LogP contribution >= 0.6 is 0 Å². The lowest BCUT2D eigenvalue weighted by Crippen LogP contribution is -2.10. The van der Waals surface area contributed by atoms with Crippen LogP contribution in [0.4, 0.5) is 11.6 Å². The Morgan fingerprint density at radius 2 is 1.84 bits per heavy atom. The molecule has 0 aliphatic carbocycles. The Hall–Kier alpha value is -3.27. The van der Waals surface area contributed by atoms with E-state index in [9.17, 15) is 0 Å². The van der Waals surface area contributed by atoms with E-state index in [0.29, 0.717) is 0 Å². The number of pyridine rings is 1. The molecule has 0 aliphatic heterocycles. The number of furan rings is 1. The summed E-state index contributed by atoms with van der Waals surface area (Å²) in [4.78, 5) is 6.44. The highest BCUT2D eigenvalue weighted by Crippen LogP contribution is 2.39. The van der Waals surface area contributed by atoms with Crippen LogP contribution in [0.25, 0.3) is 22.0 Å². The molecule has 0 fully saturated rings. The standard InChI is InChI=1S/C21H18N2O2/c1-23(21-17-8-4-3-7-16(17)14-25-21)19-13-15(10-11-20(19)24-2)18-9-5-6-12-22-18/h3-14H,1-2H3. The lowest BCUT2D eigenvalue weighted by atomic mass is 10.1. The Bertz CT molecular complexity index is 1010. The minimum Gasteiger partial charge on any atom is -0.495 e. The van der Waals surface area contributed by atoms with E-state index < -0.39 is 0 Å². The van der Waals surface area contributed by atoms with E-state index in [-0.39, 0.29) is 0 Å². The third-order valence-electron chi connectivity index (χ3n) is 4.29. The van der Waals surface area contributed by atoms with Crippen LogP contribution in [0.3, 0.4) is 0 Å². The number of hydrogen-bond donors (Lipinski definition) is 0. The van der Waals surface area contributed by atoms with E-state index in [0.717, 1.165) is 39.4 Å². The summed E-state index contributed by atoms with van der Waals surface area (Å²) in [7, 11) is 3.65. The summed E-state index contributed by atoms with van der Waals surface area (Å²) in [6.45, 7) is 0. The minimum absolute atomic E-state index is 0.780. The molecule has 0 atom stereocenters. The van der Waals surface area contributed by atoms with Gasteiger partial charge in [0.1, 0.15) is 12.0 Å². The number of ether oxygens (including phenoxy) is 1. The molecule has 2 heterocycles. The molecule has 0 unspecified atom stereocenters. The molecule has 25 heavy (non-hydrogen) atoms. The van der Waals surface area contributed by atoms with Crippen LogP contribution in [0.5, 0.6) is 5.75 Å². The molecule has 0 spiro atoms. The van der Waals surface area contributed by atoms with Crippen LogP contribution in [-0.2, 0) is 0 Å². The fourth-order valence-corrected chi connectivity index (χ4v) is 2.99. The van der Waals surface area contributed by atoms with Crippen molar-refractivity contribution in [3.8, 4) is 17.0 Å². The van der Waals surface area contributed by atoms with Gasteiger partial charge in [-0.2, -0.15) is 0 Å². The highest BCUT2D eigenvalue weighted by Gasteiger charge is 2.17. The summed E-state index contributed by atoms with van der Waals surface area (Å²) in [5.74, 6) is 1.56. The second-order valence-electron chi connectivity index (χ2n) is 5.79. The first-order valence-corrected chi connectivity index (χ1v) is 8.07. The zero-order valence-corrected chi connectivity index (χ0v) is 14.1. The molecule has 0 saturated carbocycles.